The summed E-state index contributed by atoms with van der Waals surface area (Å²) in [6, 6.07) is 0. The number of aliphatic hydroxyl groups is 1. The standard InChI is InChI=1S/C20H30O2/c1-14-6-9-17-19(2,3)11-5-12-20(17,4)16(14)8-7-15-10-13-22-18(15)21/h7-8,10,16-18,21H,1,5-6,9,11-13H2,2-4H3/b8-7+/t16-,17-,18?,20+/m0/s1. The molecule has 2 heteroatoms. The molecule has 0 bridgehead atoms. The Morgan fingerprint density at radius 2 is 2.09 bits per heavy atom. The lowest BCUT2D eigenvalue weighted by molar-refractivity contribution is -0.0444. The summed E-state index contributed by atoms with van der Waals surface area (Å²) >= 11 is 0. The molecule has 0 amide bonds. The summed E-state index contributed by atoms with van der Waals surface area (Å²) in [5.74, 6) is 1.17. The molecule has 4 atom stereocenters. The minimum Gasteiger partial charge on any atom is -0.364 e. The Labute approximate surface area is 134 Å². The van der Waals surface area contributed by atoms with Crippen molar-refractivity contribution in [2.75, 3.05) is 6.61 Å². The van der Waals surface area contributed by atoms with Gasteiger partial charge in [0.25, 0.3) is 0 Å². The Bertz CT molecular complexity index is 514. The molecular weight excluding hydrogens is 272 g/mol. The summed E-state index contributed by atoms with van der Waals surface area (Å²) in [6.07, 6.45) is 11.9. The fourth-order valence-electron chi connectivity index (χ4n) is 5.36. The van der Waals surface area contributed by atoms with E-state index in [1.54, 1.807) is 0 Å². The summed E-state index contributed by atoms with van der Waals surface area (Å²) < 4.78 is 5.19. The first-order valence-electron chi connectivity index (χ1n) is 8.70. The normalized spacial score (nSPS) is 41.5. The van der Waals surface area contributed by atoms with Crippen LogP contribution in [0.2, 0.25) is 0 Å². The van der Waals surface area contributed by atoms with Gasteiger partial charge in [-0.05, 0) is 42.4 Å². The van der Waals surface area contributed by atoms with E-state index in [-0.39, 0.29) is 0 Å². The molecule has 0 spiro atoms. The van der Waals surface area contributed by atoms with Gasteiger partial charge < -0.3 is 9.84 Å². The smallest absolute Gasteiger partial charge is 0.181 e. The summed E-state index contributed by atoms with van der Waals surface area (Å²) in [5.41, 5.74) is 2.99. The molecule has 2 saturated carbocycles. The third kappa shape index (κ3) is 2.61. The van der Waals surface area contributed by atoms with E-state index in [0.717, 1.165) is 17.9 Å². The molecule has 0 aromatic rings. The van der Waals surface area contributed by atoms with Crippen molar-refractivity contribution >= 4 is 0 Å². The molecule has 1 N–H and O–H groups in total. The van der Waals surface area contributed by atoms with E-state index >= 15 is 0 Å². The van der Waals surface area contributed by atoms with E-state index in [1.807, 2.05) is 6.08 Å². The maximum atomic E-state index is 9.80. The maximum Gasteiger partial charge on any atom is 0.181 e. The summed E-state index contributed by atoms with van der Waals surface area (Å²) in [7, 11) is 0. The van der Waals surface area contributed by atoms with E-state index in [4.69, 9.17) is 4.74 Å². The van der Waals surface area contributed by atoms with Gasteiger partial charge in [0.1, 0.15) is 0 Å². The maximum absolute atomic E-state index is 9.80. The molecule has 1 heterocycles. The number of ether oxygens (including phenoxy) is 1. The molecule has 2 aliphatic carbocycles. The summed E-state index contributed by atoms with van der Waals surface area (Å²) in [5, 5.41) is 9.80. The molecule has 1 aliphatic heterocycles. The van der Waals surface area contributed by atoms with Gasteiger partial charge in [-0.15, -0.1) is 0 Å². The van der Waals surface area contributed by atoms with Crippen LogP contribution in [0.4, 0.5) is 0 Å². The number of allylic oxidation sites excluding steroid dienone is 2. The predicted molar refractivity (Wildman–Crippen MR) is 90.3 cm³/mol. The molecule has 1 unspecified atom stereocenters. The van der Waals surface area contributed by atoms with E-state index in [1.165, 1.54) is 31.3 Å². The van der Waals surface area contributed by atoms with Crippen LogP contribution < -0.4 is 0 Å². The zero-order chi connectivity index (χ0) is 16.0. The van der Waals surface area contributed by atoms with Gasteiger partial charge in [-0.2, -0.15) is 0 Å². The highest BCUT2D eigenvalue weighted by molar-refractivity contribution is 5.29. The van der Waals surface area contributed by atoms with Gasteiger partial charge in [0, 0.05) is 11.5 Å². The SMILES string of the molecule is C=C1CC[C@H]2C(C)(C)CCC[C@]2(C)[C@H]1/C=C/C1=CCOC1O. The largest absolute Gasteiger partial charge is 0.364 e. The van der Waals surface area contributed by atoms with E-state index in [2.05, 4.69) is 39.5 Å². The van der Waals surface area contributed by atoms with Gasteiger partial charge in [-0.25, -0.2) is 0 Å². The average molecular weight is 302 g/mol. The van der Waals surface area contributed by atoms with Crippen molar-refractivity contribution in [3.8, 4) is 0 Å². The fraction of sp³-hybridized carbons (Fsp3) is 0.700. The van der Waals surface area contributed by atoms with Crippen LogP contribution in [0, 0.1) is 22.7 Å². The molecular formula is C20H30O2. The van der Waals surface area contributed by atoms with Crippen molar-refractivity contribution in [2.24, 2.45) is 22.7 Å². The second-order valence-corrected chi connectivity index (χ2v) is 8.32. The Hall–Kier alpha value is -0.860. The predicted octanol–water partition coefficient (Wildman–Crippen LogP) is 4.62. The van der Waals surface area contributed by atoms with Gasteiger partial charge in [-0.3, -0.25) is 0 Å². The van der Waals surface area contributed by atoms with Crippen LogP contribution in [0.3, 0.4) is 0 Å². The van der Waals surface area contributed by atoms with Crippen LogP contribution >= 0.6 is 0 Å². The Kier molecular flexibility index (Phi) is 4.11. The summed E-state index contributed by atoms with van der Waals surface area (Å²) in [6.45, 7) is 12.2. The molecule has 0 saturated heterocycles. The van der Waals surface area contributed by atoms with Gasteiger partial charge in [0.15, 0.2) is 6.29 Å². The van der Waals surface area contributed by atoms with Crippen molar-refractivity contribution in [3.63, 3.8) is 0 Å². The highest BCUT2D eigenvalue weighted by Crippen LogP contribution is 2.61. The van der Waals surface area contributed by atoms with Crippen LogP contribution in [0.1, 0.15) is 52.9 Å². The molecule has 0 aromatic heterocycles. The van der Waals surface area contributed by atoms with E-state index in [0.29, 0.717) is 23.4 Å². The van der Waals surface area contributed by atoms with Crippen LogP contribution in [-0.4, -0.2) is 18.0 Å². The first kappa shape index (κ1) is 16.0. The number of hydrogen-bond donors (Lipinski definition) is 1. The van der Waals surface area contributed by atoms with Gasteiger partial charge in [0.05, 0.1) is 6.61 Å². The second-order valence-electron chi connectivity index (χ2n) is 8.32. The number of hydrogen-bond acceptors (Lipinski definition) is 2. The molecule has 122 valence electrons. The lowest BCUT2D eigenvalue weighted by Gasteiger charge is -2.57. The monoisotopic (exact) mass is 302 g/mol. The number of aliphatic hydroxyl groups excluding tert-OH is 1. The van der Waals surface area contributed by atoms with Gasteiger partial charge in [-0.1, -0.05) is 57.6 Å². The Morgan fingerprint density at radius 1 is 1.32 bits per heavy atom. The third-order valence-corrected chi connectivity index (χ3v) is 6.52. The van der Waals surface area contributed by atoms with E-state index < -0.39 is 6.29 Å². The highest BCUT2D eigenvalue weighted by atomic mass is 16.6. The van der Waals surface area contributed by atoms with Crippen LogP contribution in [0.25, 0.3) is 0 Å². The zero-order valence-corrected chi connectivity index (χ0v) is 14.3. The molecule has 0 aromatic carbocycles. The minimum absolute atomic E-state index is 0.304. The fourth-order valence-corrected chi connectivity index (χ4v) is 5.36. The molecule has 2 fully saturated rings. The zero-order valence-electron chi connectivity index (χ0n) is 14.3. The Morgan fingerprint density at radius 3 is 2.77 bits per heavy atom. The first-order chi connectivity index (χ1) is 10.3. The quantitative estimate of drug-likeness (QED) is 0.754. The average Bonchev–Trinajstić information content (AvgIpc) is 2.82. The summed E-state index contributed by atoms with van der Waals surface area (Å²) in [4.78, 5) is 0. The van der Waals surface area contributed by atoms with Gasteiger partial charge in [0.2, 0.25) is 0 Å². The van der Waals surface area contributed by atoms with Crippen LogP contribution in [0.15, 0.2) is 36.0 Å². The van der Waals surface area contributed by atoms with Crippen molar-refractivity contribution in [2.45, 2.75) is 59.2 Å². The van der Waals surface area contributed by atoms with Gasteiger partial charge >= 0.3 is 0 Å². The van der Waals surface area contributed by atoms with Crippen molar-refractivity contribution in [3.05, 3.63) is 36.0 Å². The van der Waals surface area contributed by atoms with Crippen LogP contribution in [-0.2, 0) is 4.74 Å². The molecule has 2 nitrogen and oxygen atoms in total. The highest BCUT2D eigenvalue weighted by Gasteiger charge is 2.52. The van der Waals surface area contributed by atoms with Crippen LogP contribution in [0.5, 0.6) is 0 Å². The minimum atomic E-state index is -0.750. The lowest BCUT2D eigenvalue weighted by atomic mass is 9.47. The van der Waals surface area contributed by atoms with Crippen molar-refractivity contribution in [1.82, 2.24) is 0 Å². The second kappa shape index (κ2) is 5.65. The lowest BCUT2D eigenvalue weighted by Crippen LogP contribution is -2.48. The molecule has 3 rings (SSSR count). The van der Waals surface area contributed by atoms with Crippen molar-refractivity contribution in [1.29, 1.82) is 0 Å². The third-order valence-electron chi connectivity index (χ3n) is 6.52. The van der Waals surface area contributed by atoms with Crippen molar-refractivity contribution < 1.29 is 9.84 Å². The number of fused-ring (bicyclic) bond motifs is 1. The first-order valence-corrected chi connectivity index (χ1v) is 8.70. The number of rotatable bonds is 2. The molecule has 22 heavy (non-hydrogen) atoms. The topological polar surface area (TPSA) is 29.5 Å². The molecule has 0 radical (unpaired) electrons. The molecule has 3 aliphatic rings. The van der Waals surface area contributed by atoms with E-state index in [9.17, 15) is 5.11 Å². The Balaban J connectivity index is 1.87.